The largest absolute Gasteiger partial charge is 0.397 e. The molecule has 0 atom stereocenters. The molecule has 1 heterocycles. The minimum absolute atomic E-state index is 0.0774. The van der Waals surface area contributed by atoms with Gasteiger partial charge >= 0.3 is 0 Å². The van der Waals surface area contributed by atoms with E-state index in [2.05, 4.69) is 0 Å². The van der Waals surface area contributed by atoms with Gasteiger partial charge in [0.1, 0.15) is 0 Å². The van der Waals surface area contributed by atoms with Crippen LogP contribution in [0.5, 0.6) is 0 Å². The van der Waals surface area contributed by atoms with Crippen molar-refractivity contribution < 1.29 is 0 Å². The molecule has 1 aromatic rings. The molecule has 3 nitrogen and oxygen atoms in total. The lowest BCUT2D eigenvalue weighted by Gasteiger charge is -2.15. The van der Waals surface area contributed by atoms with E-state index in [0.29, 0.717) is 11.6 Å². The van der Waals surface area contributed by atoms with Gasteiger partial charge in [0.05, 0.1) is 5.69 Å². The predicted octanol–water partition coefficient (Wildman–Crippen LogP) is 1.93. The molecule has 15 heavy (non-hydrogen) atoms. The van der Waals surface area contributed by atoms with Gasteiger partial charge in [0.2, 0.25) is 0 Å². The number of hydrogen-bond acceptors (Lipinski definition) is 2. The Morgan fingerprint density at radius 2 is 2.07 bits per heavy atom. The molecular formula is C12H18N2O. The van der Waals surface area contributed by atoms with Crippen LogP contribution in [0.2, 0.25) is 0 Å². The quantitative estimate of drug-likeness (QED) is 0.803. The van der Waals surface area contributed by atoms with Gasteiger partial charge in [-0.25, -0.2) is 0 Å². The molecule has 82 valence electrons. The van der Waals surface area contributed by atoms with Crippen LogP contribution in [-0.2, 0) is 6.54 Å². The van der Waals surface area contributed by atoms with E-state index < -0.39 is 0 Å². The first-order valence-corrected chi connectivity index (χ1v) is 5.64. The molecule has 0 spiro atoms. The maximum Gasteiger partial charge on any atom is 0.250 e. The van der Waals surface area contributed by atoms with Crippen molar-refractivity contribution in [2.45, 2.75) is 39.2 Å². The Bertz CT molecular complexity index is 403. The SMILES string of the molecule is Cc1c(N)ccc(=O)n1CC1CCCC1. The van der Waals surface area contributed by atoms with Gasteiger partial charge in [-0.15, -0.1) is 0 Å². The minimum Gasteiger partial charge on any atom is -0.397 e. The molecule has 0 unspecified atom stereocenters. The molecular weight excluding hydrogens is 188 g/mol. The van der Waals surface area contributed by atoms with Gasteiger partial charge in [0.15, 0.2) is 0 Å². The number of nitrogens with two attached hydrogens (primary N) is 1. The number of rotatable bonds is 2. The van der Waals surface area contributed by atoms with E-state index in [1.54, 1.807) is 12.1 Å². The standard InChI is InChI=1S/C12H18N2O/c1-9-11(13)6-7-12(15)14(9)8-10-4-2-3-5-10/h6-7,10H,2-5,8,13H2,1H3. The van der Waals surface area contributed by atoms with Crippen molar-refractivity contribution in [3.63, 3.8) is 0 Å². The Labute approximate surface area is 89.9 Å². The first-order valence-electron chi connectivity index (χ1n) is 5.64. The molecule has 0 bridgehead atoms. The van der Waals surface area contributed by atoms with Crippen LogP contribution in [-0.4, -0.2) is 4.57 Å². The number of aromatic nitrogens is 1. The Morgan fingerprint density at radius 3 is 2.73 bits per heavy atom. The molecule has 0 amide bonds. The molecule has 0 aromatic carbocycles. The highest BCUT2D eigenvalue weighted by molar-refractivity contribution is 5.41. The predicted molar refractivity (Wildman–Crippen MR) is 61.8 cm³/mol. The molecule has 1 saturated carbocycles. The monoisotopic (exact) mass is 206 g/mol. The van der Waals surface area contributed by atoms with Crippen LogP contribution in [0.15, 0.2) is 16.9 Å². The molecule has 1 aromatic heterocycles. The number of pyridine rings is 1. The summed E-state index contributed by atoms with van der Waals surface area (Å²) < 4.78 is 1.82. The summed E-state index contributed by atoms with van der Waals surface area (Å²) in [6.45, 7) is 2.77. The lowest BCUT2D eigenvalue weighted by Crippen LogP contribution is -2.25. The highest BCUT2D eigenvalue weighted by Crippen LogP contribution is 2.26. The van der Waals surface area contributed by atoms with Gasteiger partial charge in [-0.2, -0.15) is 0 Å². The zero-order chi connectivity index (χ0) is 10.8. The Morgan fingerprint density at radius 1 is 1.40 bits per heavy atom. The van der Waals surface area contributed by atoms with Gasteiger partial charge in [-0.3, -0.25) is 4.79 Å². The number of nitrogen functional groups attached to an aromatic ring is 1. The molecule has 1 fully saturated rings. The Kier molecular flexibility index (Phi) is 2.80. The fourth-order valence-electron chi connectivity index (χ4n) is 2.37. The molecule has 3 heteroatoms. The summed E-state index contributed by atoms with van der Waals surface area (Å²) in [6, 6.07) is 3.26. The summed E-state index contributed by atoms with van der Waals surface area (Å²) in [6.07, 6.45) is 5.11. The van der Waals surface area contributed by atoms with Crippen LogP contribution in [0, 0.1) is 12.8 Å². The van der Waals surface area contributed by atoms with Crippen molar-refractivity contribution in [1.82, 2.24) is 4.57 Å². The van der Waals surface area contributed by atoms with Crippen molar-refractivity contribution in [3.8, 4) is 0 Å². The fraction of sp³-hybridized carbons (Fsp3) is 0.583. The smallest absolute Gasteiger partial charge is 0.250 e. The van der Waals surface area contributed by atoms with Gasteiger partial charge in [-0.05, 0) is 31.7 Å². The van der Waals surface area contributed by atoms with Crippen molar-refractivity contribution in [2.75, 3.05) is 5.73 Å². The molecule has 2 rings (SSSR count). The summed E-state index contributed by atoms with van der Waals surface area (Å²) >= 11 is 0. The second kappa shape index (κ2) is 4.09. The summed E-state index contributed by atoms with van der Waals surface area (Å²) in [4.78, 5) is 11.7. The molecule has 1 aliphatic carbocycles. The average Bonchev–Trinajstić information content (AvgIpc) is 2.71. The first-order chi connectivity index (χ1) is 7.18. The second-order valence-electron chi connectivity index (χ2n) is 4.47. The third kappa shape index (κ3) is 2.06. The number of hydrogen-bond donors (Lipinski definition) is 1. The zero-order valence-corrected chi connectivity index (χ0v) is 9.20. The molecule has 0 radical (unpaired) electrons. The lowest BCUT2D eigenvalue weighted by molar-refractivity contribution is 0.443. The summed E-state index contributed by atoms with van der Waals surface area (Å²) in [5, 5.41) is 0. The zero-order valence-electron chi connectivity index (χ0n) is 9.20. The van der Waals surface area contributed by atoms with Crippen molar-refractivity contribution in [3.05, 3.63) is 28.2 Å². The highest BCUT2D eigenvalue weighted by Gasteiger charge is 2.16. The summed E-state index contributed by atoms with van der Waals surface area (Å²) in [5.74, 6) is 0.670. The lowest BCUT2D eigenvalue weighted by atomic mass is 10.1. The normalized spacial score (nSPS) is 17.1. The number of anilines is 1. The summed E-state index contributed by atoms with van der Waals surface area (Å²) in [7, 11) is 0. The van der Waals surface area contributed by atoms with Crippen LogP contribution >= 0.6 is 0 Å². The third-order valence-electron chi connectivity index (χ3n) is 3.41. The van der Waals surface area contributed by atoms with E-state index in [1.165, 1.54) is 25.7 Å². The molecule has 0 saturated heterocycles. The highest BCUT2D eigenvalue weighted by atomic mass is 16.1. The van der Waals surface area contributed by atoms with Crippen LogP contribution in [0.3, 0.4) is 0 Å². The summed E-state index contributed by atoms with van der Waals surface area (Å²) in [5.41, 5.74) is 7.51. The van der Waals surface area contributed by atoms with Crippen molar-refractivity contribution in [2.24, 2.45) is 5.92 Å². The van der Waals surface area contributed by atoms with E-state index in [4.69, 9.17) is 5.73 Å². The first kappa shape index (κ1) is 10.3. The van der Waals surface area contributed by atoms with Gasteiger partial charge in [0, 0.05) is 18.3 Å². The van der Waals surface area contributed by atoms with Crippen LogP contribution < -0.4 is 11.3 Å². The molecule has 0 aliphatic heterocycles. The van der Waals surface area contributed by atoms with Crippen molar-refractivity contribution >= 4 is 5.69 Å². The average molecular weight is 206 g/mol. The molecule has 1 aliphatic rings. The minimum atomic E-state index is 0.0774. The van der Waals surface area contributed by atoms with Crippen molar-refractivity contribution in [1.29, 1.82) is 0 Å². The fourth-order valence-corrected chi connectivity index (χ4v) is 2.37. The van der Waals surface area contributed by atoms with Gasteiger partial charge in [-0.1, -0.05) is 12.8 Å². The van der Waals surface area contributed by atoms with E-state index in [-0.39, 0.29) is 5.56 Å². The Hall–Kier alpha value is -1.25. The van der Waals surface area contributed by atoms with Crippen LogP contribution in [0.25, 0.3) is 0 Å². The van der Waals surface area contributed by atoms with E-state index >= 15 is 0 Å². The Balaban J connectivity index is 2.26. The van der Waals surface area contributed by atoms with E-state index in [0.717, 1.165) is 12.2 Å². The molecule has 2 N–H and O–H groups in total. The maximum absolute atomic E-state index is 11.7. The van der Waals surface area contributed by atoms with Gasteiger partial charge < -0.3 is 10.3 Å². The van der Waals surface area contributed by atoms with E-state index in [9.17, 15) is 4.79 Å². The number of nitrogens with zero attached hydrogens (tertiary/aromatic N) is 1. The third-order valence-corrected chi connectivity index (χ3v) is 3.41. The van der Waals surface area contributed by atoms with Gasteiger partial charge in [0.25, 0.3) is 5.56 Å². The maximum atomic E-state index is 11.7. The second-order valence-corrected chi connectivity index (χ2v) is 4.47. The van der Waals surface area contributed by atoms with E-state index in [1.807, 2.05) is 11.5 Å². The topological polar surface area (TPSA) is 48.0 Å². The van der Waals surface area contributed by atoms with Crippen LogP contribution in [0.1, 0.15) is 31.4 Å². The van der Waals surface area contributed by atoms with Crippen LogP contribution in [0.4, 0.5) is 5.69 Å².